The molecule has 0 heterocycles. The topological polar surface area (TPSA) is 55.1 Å². The Morgan fingerprint density at radius 1 is 1.17 bits per heavy atom. The first-order chi connectivity index (χ1) is 8.68. The second-order valence-electron chi connectivity index (χ2n) is 5.32. The Balaban J connectivity index is 1.94. The maximum Gasteiger partial charge on any atom is 0.220 e. The van der Waals surface area contributed by atoms with Gasteiger partial charge in [-0.2, -0.15) is 0 Å². The lowest BCUT2D eigenvalue weighted by molar-refractivity contribution is -0.121. The van der Waals surface area contributed by atoms with E-state index in [-0.39, 0.29) is 5.91 Å². The molecule has 4 heteroatoms. The molecule has 1 fully saturated rings. The number of unbranched alkanes of at least 4 members (excludes halogenated alkanes) is 1. The van der Waals surface area contributed by atoms with Gasteiger partial charge in [-0.15, -0.1) is 0 Å². The average Bonchev–Trinajstić information content (AvgIpc) is 2.37. The van der Waals surface area contributed by atoms with Crippen LogP contribution < -0.4 is 11.1 Å². The molecule has 0 bridgehead atoms. The van der Waals surface area contributed by atoms with Crippen LogP contribution in [0, 0.1) is 5.92 Å². The first-order valence-electron chi connectivity index (χ1n) is 7.23. The average molecular weight is 270 g/mol. The molecule has 0 radical (unpaired) electrons. The zero-order valence-electron chi connectivity index (χ0n) is 11.2. The summed E-state index contributed by atoms with van der Waals surface area (Å²) in [5.41, 5.74) is 5.41. The van der Waals surface area contributed by atoms with Gasteiger partial charge in [-0.25, -0.2) is 0 Å². The molecule has 1 amide bonds. The van der Waals surface area contributed by atoms with Crippen molar-refractivity contribution in [3.8, 4) is 0 Å². The van der Waals surface area contributed by atoms with Crippen molar-refractivity contribution in [3.63, 3.8) is 0 Å². The predicted molar refractivity (Wildman–Crippen MR) is 79.5 cm³/mol. The van der Waals surface area contributed by atoms with Crippen molar-refractivity contribution < 1.29 is 4.79 Å². The third-order valence-electron chi connectivity index (χ3n) is 3.68. The fraction of sp³-hybridized carbons (Fsp3) is 0.857. The summed E-state index contributed by atoms with van der Waals surface area (Å²) in [5.74, 6) is 0.995. The molecule has 0 spiro atoms. The molecule has 1 saturated carbocycles. The van der Waals surface area contributed by atoms with Gasteiger partial charge in [0, 0.05) is 13.0 Å². The molecule has 0 unspecified atom stereocenters. The van der Waals surface area contributed by atoms with Gasteiger partial charge < -0.3 is 11.1 Å². The van der Waals surface area contributed by atoms with E-state index < -0.39 is 0 Å². The first-order valence-corrected chi connectivity index (χ1v) is 7.64. The van der Waals surface area contributed by atoms with Crippen molar-refractivity contribution in [3.05, 3.63) is 0 Å². The van der Waals surface area contributed by atoms with Crippen LogP contribution in [0.5, 0.6) is 0 Å². The van der Waals surface area contributed by atoms with Crippen LogP contribution in [-0.4, -0.2) is 17.4 Å². The Bertz CT molecular complexity index is 263. The number of carbonyl (C=O) groups excluding carboxylic acids is 1. The number of nitrogens with one attached hydrogen (secondary N) is 1. The van der Waals surface area contributed by atoms with Crippen molar-refractivity contribution in [1.29, 1.82) is 0 Å². The van der Waals surface area contributed by atoms with Crippen molar-refractivity contribution in [2.45, 2.75) is 64.2 Å². The van der Waals surface area contributed by atoms with Crippen LogP contribution in [0.1, 0.15) is 64.2 Å². The number of rotatable bonds is 8. The summed E-state index contributed by atoms with van der Waals surface area (Å²) in [5, 5.41) is 2.97. The standard InChI is InChI=1S/C14H26N2OS/c15-13(18)8-4-5-11-16-14(17)10-9-12-6-2-1-3-7-12/h12H,1-11H2,(H2,15,18)(H,16,17). The highest BCUT2D eigenvalue weighted by atomic mass is 32.1. The number of nitrogens with two attached hydrogens (primary N) is 1. The van der Waals surface area contributed by atoms with Crippen LogP contribution in [0.4, 0.5) is 0 Å². The van der Waals surface area contributed by atoms with E-state index in [9.17, 15) is 4.79 Å². The van der Waals surface area contributed by atoms with E-state index in [1.807, 2.05) is 0 Å². The number of amides is 1. The van der Waals surface area contributed by atoms with Crippen LogP contribution in [0.3, 0.4) is 0 Å². The molecule has 0 aromatic carbocycles. The van der Waals surface area contributed by atoms with E-state index >= 15 is 0 Å². The number of carbonyl (C=O) groups is 1. The lowest BCUT2D eigenvalue weighted by Crippen LogP contribution is -2.25. The SMILES string of the molecule is NC(=S)CCCCNC(=O)CCC1CCCCC1. The minimum absolute atomic E-state index is 0.205. The highest BCUT2D eigenvalue weighted by molar-refractivity contribution is 7.80. The van der Waals surface area contributed by atoms with Gasteiger partial charge in [0.05, 0.1) is 4.99 Å². The van der Waals surface area contributed by atoms with Crippen LogP contribution in [0.2, 0.25) is 0 Å². The number of hydrogen-bond donors (Lipinski definition) is 2. The van der Waals surface area contributed by atoms with Crippen LogP contribution in [-0.2, 0) is 4.79 Å². The molecule has 0 saturated heterocycles. The van der Waals surface area contributed by atoms with Gasteiger partial charge in [0.2, 0.25) is 5.91 Å². The number of hydrogen-bond acceptors (Lipinski definition) is 2. The van der Waals surface area contributed by atoms with E-state index in [4.69, 9.17) is 18.0 Å². The monoisotopic (exact) mass is 270 g/mol. The highest BCUT2D eigenvalue weighted by Gasteiger charge is 2.14. The quantitative estimate of drug-likeness (QED) is 0.527. The van der Waals surface area contributed by atoms with Crippen molar-refractivity contribution >= 4 is 23.1 Å². The zero-order chi connectivity index (χ0) is 13.2. The molecule has 0 aliphatic heterocycles. The van der Waals surface area contributed by atoms with Gasteiger partial charge in [-0.1, -0.05) is 44.3 Å². The minimum atomic E-state index is 0.205. The Morgan fingerprint density at radius 2 is 1.89 bits per heavy atom. The Morgan fingerprint density at radius 3 is 2.56 bits per heavy atom. The minimum Gasteiger partial charge on any atom is -0.393 e. The van der Waals surface area contributed by atoms with Crippen molar-refractivity contribution in [2.75, 3.05) is 6.54 Å². The normalized spacial score (nSPS) is 16.4. The van der Waals surface area contributed by atoms with Gasteiger partial charge in [-0.05, 0) is 31.6 Å². The number of thiocarbonyl (C=S) groups is 1. The Kier molecular flexibility index (Phi) is 7.98. The molecule has 0 aromatic rings. The second kappa shape index (κ2) is 9.31. The van der Waals surface area contributed by atoms with Gasteiger partial charge in [-0.3, -0.25) is 4.79 Å². The molecule has 1 rings (SSSR count). The summed E-state index contributed by atoms with van der Waals surface area (Å²) < 4.78 is 0. The molecule has 18 heavy (non-hydrogen) atoms. The summed E-state index contributed by atoms with van der Waals surface area (Å²) in [4.78, 5) is 12.2. The largest absolute Gasteiger partial charge is 0.393 e. The summed E-state index contributed by atoms with van der Waals surface area (Å²) in [7, 11) is 0. The van der Waals surface area contributed by atoms with E-state index in [1.54, 1.807) is 0 Å². The fourth-order valence-corrected chi connectivity index (χ4v) is 2.70. The smallest absolute Gasteiger partial charge is 0.220 e. The van der Waals surface area contributed by atoms with E-state index in [2.05, 4.69) is 5.32 Å². The molecule has 104 valence electrons. The zero-order valence-corrected chi connectivity index (χ0v) is 12.1. The summed E-state index contributed by atoms with van der Waals surface area (Å²) >= 11 is 4.80. The van der Waals surface area contributed by atoms with Crippen LogP contribution >= 0.6 is 12.2 Å². The van der Waals surface area contributed by atoms with Gasteiger partial charge in [0.15, 0.2) is 0 Å². The summed E-state index contributed by atoms with van der Waals surface area (Å²) in [6.07, 6.45) is 11.2. The maximum absolute atomic E-state index is 11.6. The fourth-order valence-electron chi connectivity index (χ4n) is 2.55. The molecule has 0 atom stereocenters. The lowest BCUT2D eigenvalue weighted by Gasteiger charge is -2.20. The third kappa shape index (κ3) is 7.64. The van der Waals surface area contributed by atoms with Gasteiger partial charge >= 0.3 is 0 Å². The second-order valence-corrected chi connectivity index (χ2v) is 5.84. The molecule has 0 aromatic heterocycles. The molecule has 1 aliphatic rings. The Hall–Kier alpha value is -0.640. The molecule has 3 nitrogen and oxygen atoms in total. The van der Waals surface area contributed by atoms with E-state index in [0.29, 0.717) is 11.4 Å². The van der Waals surface area contributed by atoms with Crippen molar-refractivity contribution in [1.82, 2.24) is 5.32 Å². The summed E-state index contributed by atoms with van der Waals surface area (Å²) in [6, 6.07) is 0. The first kappa shape index (κ1) is 15.4. The molecule has 1 aliphatic carbocycles. The molecular formula is C14H26N2OS. The predicted octanol–water partition coefficient (Wildman–Crippen LogP) is 2.92. The highest BCUT2D eigenvalue weighted by Crippen LogP contribution is 2.27. The van der Waals surface area contributed by atoms with Crippen LogP contribution in [0.25, 0.3) is 0 Å². The van der Waals surface area contributed by atoms with E-state index in [1.165, 1.54) is 32.1 Å². The maximum atomic E-state index is 11.6. The van der Waals surface area contributed by atoms with Crippen molar-refractivity contribution in [2.24, 2.45) is 11.7 Å². The van der Waals surface area contributed by atoms with E-state index in [0.717, 1.165) is 38.1 Å². The summed E-state index contributed by atoms with van der Waals surface area (Å²) in [6.45, 7) is 0.756. The third-order valence-corrected chi connectivity index (χ3v) is 3.88. The van der Waals surface area contributed by atoms with Gasteiger partial charge in [0.25, 0.3) is 0 Å². The molecule has 3 N–H and O–H groups in total. The Labute approximate surface area is 116 Å². The van der Waals surface area contributed by atoms with Gasteiger partial charge in [0.1, 0.15) is 0 Å². The molecular weight excluding hydrogens is 244 g/mol. The van der Waals surface area contributed by atoms with Crippen LogP contribution in [0.15, 0.2) is 0 Å². The lowest BCUT2D eigenvalue weighted by atomic mass is 9.86.